The molecule has 51 heavy (non-hydrogen) atoms. The molecule has 4 rings (SSSR count). The minimum atomic E-state index is -0.342. The average Bonchev–Trinajstić information content (AvgIpc) is 3.96. The lowest BCUT2D eigenvalue weighted by Gasteiger charge is -2.08. The lowest BCUT2D eigenvalue weighted by atomic mass is 10.1. The molecule has 11 heteroatoms. The first-order chi connectivity index (χ1) is 25.0. The van der Waals surface area contributed by atoms with Gasteiger partial charge in [-0.2, -0.15) is 0 Å². The van der Waals surface area contributed by atoms with Crippen molar-refractivity contribution in [3.8, 4) is 23.7 Å². The van der Waals surface area contributed by atoms with Crippen molar-refractivity contribution in [1.82, 2.24) is 10.6 Å². The minimum absolute atomic E-state index is 0.165. The van der Waals surface area contributed by atoms with Crippen LogP contribution >= 0.6 is 0 Å². The van der Waals surface area contributed by atoms with Gasteiger partial charge in [-0.25, -0.2) is 9.59 Å². The third-order valence-corrected chi connectivity index (χ3v) is 10.6. The molecule has 2 amide bonds. The predicted octanol–water partition coefficient (Wildman–Crippen LogP) is 6.32. The van der Waals surface area contributed by atoms with E-state index in [1.807, 2.05) is 0 Å². The molecule has 0 unspecified atom stereocenters. The van der Waals surface area contributed by atoms with Crippen LogP contribution in [0.25, 0.3) is 0 Å². The molecular weight excluding hydrogens is 652 g/mol. The molecule has 2 fully saturated rings. The molecule has 0 radical (unpaired) electrons. The van der Waals surface area contributed by atoms with Gasteiger partial charge < -0.3 is 34.3 Å². The van der Waals surface area contributed by atoms with Crippen LogP contribution in [-0.4, -0.2) is 76.9 Å². The summed E-state index contributed by atoms with van der Waals surface area (Å²) in [5.74, 6) is 16.0. The summed E-state index contributed by atoms with van der Waals surface area (Å²) in [7, 11) is 0. The van der Waals surface area contributed by atoms with Gasteiger partial charge in [-0.1, -0.05) is 25.7 Å². The number of alkyl carbamates (subject to hydrolysis) is 2. The molecule has 0 aromatic heterocycles. The van der Waals surface area contributed by atoms with Crippen molar-refractivity contribution in [1.29, 1.82) is 0 Å². The zero-order valence-electron chi connectivity index (χ0n) is 30.5. The van der Waals surface area contributed by atoms with Gasteiger partial charge in [0.2, 0.25) is 0 Å². The van der Waals surface area contributed by atoms with Gasteiger partial charge in [0, 0.05) is 51.6 Å². The Kier molecular flexibility index (Phi) is 18.9. The summed E-state index contributed by atoms with van der Waals surface area (Å²) >= 11 is 0. The molecule has 2 N–H and O–H groups in total. The Morgan fingerprint density at radius 1 is 0.471 bits per heavy atom. The molecule has 4 aliphatic carbocycles. The van der Waals surface area contributed by atoms with Gasteiger partial charge in [0.05, 0.1) is 26.4 Å². The van der Waals surface area contributed by atoms with E-state index in [1.54, 1.807) is 0 Å². The maximum Gasteiger partial charge on any atom is 0.407 e. The van der Waals surface area contributed by atoms with Gasteiger partial charge in [0.15, 0.2) is 0 Å². The number of fused-ring (bicyclic) bond motifs is 2. The van der Waals surface area contributed by atoms with Crippen molar-refractivity contribution < 1.29 is 42.9 Å². The van der Waals surface area contributed by atoms with Crippen molar-refractivity contribution >= 4 is 24.1 Å². The predicted molar refractivity (Wildman–Crippen MR) is 191 cm³/mol. The van der Waals surface area contributed by atoms with Crippen molar-refractivity contribution in [3.05, 3.63) is 0 Å². The molecule has 11 nitrogen and oxygen atoms in total. The Morgan fingerprint density at radius 3 is 1.24 bits per heavy atom. The SMILES string of the molecule is O=C(CCCCCCNC(=O)OC[C@@H]1[C@@H]2CCC#CCC[C@@H]21)OCCOCCOC(=O)CCCCCCNC(=O)OC[C@@H]1[C@@H]2CCC#CCC[C@@H]21. The summed E-state index contributed by atoms with van der Waals surface area (Å²) in [6.45, 7) is 2.97. The Morgan fingerprint density at radius 2 is 0.843 bits per heavy atom. The van der Waals surface area contributed by atoms with Gasteiger partial charge in [-0.05, 0) is 86.9 Å². The van der Waals surface area contributed by atoms with E-state index in [0.717, 1.165) is 103 Å². The molecule has 0 spiro atoms. The Hall–Kier alpha value is -3.44. The molecular formula is C40H60N2O9. The highest BCUT2D eigenvalue weighted by Crippen LogP contribution is 2.53. The number of unbranched alkanes of at least 4 members (excludes halogenated alkanes) is 6. The van der Waals surface area contributed by atoms with Gasteiger partial charge >= 0.3 is 24.1 Å². The van der Waals surface area contributed by atoms with Crippen molar-refractivity contribution in [3.63, 3.8) is 0 Å². The van der Waals surface area contributed by atoms with E-state index in [2.05, 4.69) is 34.3 Å². The molecule has 0 aromatic carbocycles. The van der Waals surface area contributed by atoms with Crippen LogP contribution < -0.4 is 10.6 Å². The van der Waals surface area contributed by atoms with Crippen molar-refractivity contribution in [2.24, 2.45) is 35.5 Å². The second-order valence-corrected chi connectivity index (χ2v) is 14.3. The maximum absolute atomic E-state index is 12.0. The van der Waals surface area contributed by atoms with Crippen LogP contribution in [0.1, 0.15) is 116 Å². The van der Waals surface area contributed by atoms with Crippen molar-refractivity contribution in [2.75, 3.05) is 52.7 Å². The Balaban J connectivity index is 0.825. The largest absolute Gasteiger partial charge is 0.463 e. The minimum Gasteiger partial charge on any atom is -0.463 e. The zero-order chi connectivity index (χ0) is 35.9. The number of nitrogens with one attached hydrogen (secondary N) is 2. The highest BCUT2D eigenvalue weighted by Gasteiger charge is 2.50. The highest BCUT2D eigenvalue weighted by atomic mass is 16.6. The summed E-state index contributed by atoms with van der Waals surface area (Å²) in [6.07, 6.45) is 15.1. The van der Waals surface area contributed by atoms with E-state index in [9.17, 15) is 19.2 Å². The number of amides is 2. The monoisotopic (exact) mass is 712 g/mol. The number of carbonyl (C=O) groups excluding carboxylic acids is 4. The van der Waals surface area contributed by atoms with E-state index in [-0.39, 0.29) is 50.6 Å². The van der Waals surface area contributed by atoms with E-state index in [0.29, 0.717) is 74.7 Å². The van der Waals surface area contributed by atoms with Gasteiger partial charge in [-0.15, -0.1) is 23.7 Å². The molecule has 284 valence electrons. The molecule has 4 aliphatic rings. The van der Waals surface area contributed by atoms with Crippen LogP contribution in [0, 0.1) is 59.2 Å². The second kappa shape index (κ2) is 23.9. The second-order valence-electron chi connectivity index (χ2n) is 14.3. The molecule has 6 atom stereocenters. The first-order valence-electron chi connectivity index (χ1n) is 19.6. The number of hydrogen-bond acceptors (Lipinski definition) is 9. The standard InChI is InChI=1S/C40H60N2O9/c43-37(21-13-5-7-15-23-41-39(45)50-29-35-31-17-9-1-2-10-18-32(31)35)48-27-25-47-26-28-49-38(44)22-14-6-8-16-24-42-40(46)51-30-36-33-19-11-3-4-12-20-34(33)36/h31-36H,5-30H2,(H,41,45)(H,42,46)/t31-,32+,33-,34+,35-,36-. The molecule has 2 saturated carbocycles. The highest BCUT2D eigenvalue weighted by molar-refractivity contribution is 5.69. The van der Waals surface area contributed by atoms with E-state index >= 15 is 0 Å². The average molecular weight is 713 g/mol. The zero-order valence-corrected chi connectivity index (χ0v) is 30.5. The molecule has 0 aromatic rings. The summed E-state index contributed by atoms with van der Waals surface area (Å²) < 4.78 is 26.7. The Labute approximate surface area is 304 Å². The first-order valence-corrected chi connectivity index (χ1v) is 19.6. The first kappa shape index (κ1) is 40.3. The van der Waals surface area contributed by atoms with Gasteiger partial charge in [0.1, 0.15) is 13.2 Å². The van der Waals surface area contributed by atoms with Crippen LogP contribution in [-0.2, 0) is 33.3 Å². The summed E-state index contributed by atoms with van der Waals surface area (Å²) in [6, 6.07) is 0. The summed E-state index contributed by atoms with van der Waals surface area (Å²) in [4.78, 5) is 47.8. The third-order valence-electron chi connectivity index (χ3n) is 10.6. The topological polar surface area (TPSA) is 138 Å². The number of carbonyl (C=O) groups is 4. The lowest BCUT2D eigenvalue weighted by Crippen LogP contribution is -2.26. The summed E-state index contributed by atoms with van der Waals surface area (Å²) in [5, 5.41) is 5.65. The van der Waals surface area contributed by atoms with E-state index in [4.69, 9.17) is 23.7 Å². The normalized spacial score (nSPS) is 24.1. The fourth-order valence-electron chi connectivity index (χ4n) is 7.56. The third kappa shape index (κ3) is 16.6. The maximum atomic E-state index is 12.0. The van der Waals surface area contributed by atoms with E-state index in [1.165, 1.54) is 0 Å². The van der Waals surface area contributed by atoms with E-state index < -0.39 is 0 Å². The quantitative estimate of drug-likeness (QED) is 0.0510. The van der Waals surface area contributed by atoms with Gasteiger partial charge in [-0.3, -0.25) is 9.59 Å². The van der Waals surface area contributed by atoms with Crippen LogP contribution in [0.15, 0.2) is 0 Å². The smallest absolute Gasteiger partial charge is 0.407 e. The van der Waals surface area contributed by atoms with Crippen molar-refractivity contribution in [2.45, 2.75) is 116 Å². The summed E-state index contributed by atoms with van der Waals surface area (Å²) in [5.41, 5.74) is 0. The Bertz CT molecular complexity index is 1090. The number of rotatable bonds is 24. The van der Waals surface area contributed by atoms with Crippen LogP contribution in [0.2, 0.25) is 0 Å². The van der Waals surface area contributed by atoms with Crippen LogP contribution in [0.3, 0.4) is 0 Å². The number of esters is 2. The number of hydrogen-bond donors (Lipinski definition) is 2. The molecule has 0 aliphatic heterocycles. The molecule has 0 saturated heterocycles. The lowest BCUT2D eigenvalue weighted by molar-refractivity contribution is -0.146. The van der Waals surface area contributed by atoms with Crippen LogP contribution in [0.4, 0.5) is 9.59 Å². The number of ether oxygens (including phenoxy) is 5. The van der Waals surface area contributed by atoms with Gasteiger partial charge in [0.25, 0.3) is 0 Å². The molecule has 0 heterocycles. The fourth-order valence-corrected chi connectivity index (χ4v) is 7.56. The molecule has 0 bridgehead atoms. The fraction of sp³-hybridized carbons (Fsp3) is 0.800. The van der Waals surface area contributed by atoms with Crippen LogP contribution in [0.5, 0.6) is 0 Å².